The first kappa shape index (κ1) is 20.3. The Morgan fingerprint density at radius 3 is 2.42 bits per heavy atom. The van der Waals surface area contributed by atoms with Gasteiger partial charge in [-0.05, 0) is 55.7 Å². The summed E-state index contributed by atoms with van der Waals surface area (Å²) in [4.78, 5) is 12.9. The van der Waals surface area contributed by atoms with Crippen LogP contribution in [0, 0.1) is 13.8 Å². The molecule has 0 aliphatic rings. The standard InChI is InChI=1S/C19H23ClN2O3S/c1-5-18(19(23)21-17-11-6-8-13(2)14(17)3)22(26(4,24)25)16-10-7-9-15(20)12-16/h6-12,18H,5H2,1-4H3,(H,21,23)/t18-/m0/s1. The van der Waals surface area contributed by atoms with Crippen molar-refractivity contribution in [2.75, 3.05) is 15.9 Å². The molecule has 0 saturated heterocycles. The summed E-state index contributed by atoms with van der Waals surface area (Å²) in [5.41, 5.74) is 3.03. The first-order valence-electron chi connectivity index (χ1n) is 8.27. The number of hydrogen-bond acceptors (Lipinski definition) is 3. The Balaban J connectivity index is 2.42. The average Bonchev–Trinajstić information content (AvgIpc) is 2.55. The molecule has 1 N–H and O–H groups in total. The quantitative estimate of drug-likeness (QED) is 0.800. The SMILES string of the molecule is CC[C@@H](C(=O)Nc1cccc(C)c1C)N(c1cccc(Cl)c1)S(C)(=O)=O. The third-order valence-corrected chi connectivity index (χ3v) is 5.67. The summed E-state index contributed by atoms with van der Waals surface area (Å²) in [5.74, 6) is -0.383. The van der Waals surface area contributed by atoms with Gasteiger partial charge in [0.2, 0.25) is 15.9 Å². The van der Waals surface area contributed by atoms with Crippen LogP contribution >= 0.6 is 11.6 Å². The molecule has 0 saturated carbocycles. The highest BCUT2D eigenvalue weighted by Gasteiger charge is 2.31. The normalized spacial score (nSPS) is 12.5. The van der Waals surface area contributed by atoms with E-state index in [1.165, 1.54) is 6.07 Å². The van der Waals surface area contributed by atoms with Gasteiger partial charge in [-0.15, -0.1) is 0 Å². The van der Waals surface area contributed by atoms with Gasteiger partial charge in [0.25, 0.3) is 0 Å². The number of carbonyl (C=O) groups excluding carboxylic acids is 1. The summed E-state index contributed by atoms with van der Waals surface area (Å²) >= 11 is 6.01. The van der Waals surface area contributed by atoms with Crippen molar-refractivity contribution in [1.29, 1.82) is 0 Å². The lowest BCUT2D eigenvalue weighted by atomic mass is 10.1. The Morgan fingerprint density at radius 1 is 1.19 bits per heavy atom. The number of nitrogens with one attached hydrogen (secondary N) is 1. The molecule has 7 heteroatoms. The summed E-state index contributed by atoms with van der Waals surface area (Å²) in [6.07, 6.45) is 1.40. The zero-order valence-electron chi connectivity index (χ0n) is 15.3. The Hall–Kier alpha value is -2.05. The average molecular weight is 395 g/mol. The van der Waals surface area contributed by atoms with Crippen LogP contribution in [0.15, 0.2) is 42.5 Å². The molecule has 2 rings (SSSR count). The molecule has 0 aliphatic heterocycles. The van der Waals surface area contributed by atoms with Crippen LogP contribution in [0.2, 0.25) is 5.02 Å². The van der Waals surface area contributed by atoms with Gasteiger partial charge in [-0.1, -0.05) is 36.7 Å². The molecule has 0 heterocycles. The Morgan fingerprint density at radius 2 is 1.85 bits per heavy atom. The second kappa shape index (κ2) is 8.10. The van der Waals surface area contributed by atoms with Crippen molar-refractivity contribution < 1.29 is 13.2 Å². The van der Waals surface area contributed by atoms with Gasteiger partial charge in [0.1, 0.15) is 6.04 Å². The number of anilines is 2. The highest BCUT2D eigenvalue weighted by molar-refractivity contribution is 7.92. The monoisotopic (exact) mass is 394 g/mol. The van der Waals surface area contributed by atoms with E-state index in [1.807, 2.05) is 26.0 Å². The summed E-state index contributed by atoms with van der Waals surface area (Å²) < 4.78 is 26.0. The predicted octanol–water partition coefficient (Wildman–Crippen LogP) is 4.14. The molecule has 0 fully saturated rings. The van der Waals surface area contributed by atoms with Crippen LogP contribution in [0.25, 0.3) is 0 Å². The molecule has 26 heavy (non-hydrogen) atoms. The van der Waals surface area contributed by atoms with E-state index in [1.54, 1.807) is 31.2 Å². The van der Waals surface area contributed by atoms with Crippen molar-refractivity contribution in [2.24, 2.45) is 0 Å². The third kappa shape index (κ3) is 4.56. The number of aryl methyl sites for hydroxylation is 1. The van der Waals surface area contributed by atoms with Crippen molar-refractivity contribution in [3.8, 4) is 0 Å². The van der Waals surface area contributed by atoms with Crippen molar-refractivity contribution >= 4 is 38.9 Å². The maximum atomic E-state index is 12.9. The van der Waals surface area contributed by atoms with E-state index in [-0.39, 0.29) is 5.91 Å². The van der Waals surface area contributed by atoms with Gasteiger partial charge >= 0.3 is 0 Å². The molecule has 0 radical (unpaired) electrons. The van der Waals surface area contributed by atoms with Crippen molar-refractivity contribution in [1.82, 2.24) is 0 Å². The highest BCUT2D eigenvalue weighted by atomic mass is 35.5. The molecular weight excluding hydrogens is 372 g/mol. The first-order chi connectivity index (χ1) is 12.1. The fraction of sp³-hybridized carbons (Fsp3) is 0.316. The van der Waals surface area contributed by atoms with E-state index < -0.39 is 16.1 Å². The minimum Gasteiger partial charge on any atom is -0.324 e. The minimum absolute atomic E-state index is 0.316. The van der Waals surface area contributed by atoms with Crippen LogP contribution in [0.5, 0.6) is 0 Å². The van der Waals surface area contributed by atoms with E-state index in [0.717, 1.165) is 21.7 Å². The van der Waals surface area contributed by atoms with E-state index >= 15 is 0 Å². The number of nitrogens with zero attached hydrogens (tertiary/aromatic N) is 1. The number of sulfonamides is 1. The number of hydrogen-bond donors (Lipinski definition) is 1. The molecule has 0 spiro atoms. The van der Waals surface area contributed by atoms with E-state index in [0.29, 0.717) is 22.8 Å². The summed E-state index contributed by atoms with van der Waals surface area (Å²) in [6.45, 7) is 5.64. The molecule has 140 valence electrons. The molecule has 0 bridgehead atoms. The summed E-state index contributed by atoms with van der Waals surface area (Å²) in [5, 5.41) is 3.26. The molecule has 2 aromatic carbocycles. The lowest BCUT2D eigenvalue weighted by Crippen LogP contribution is -2.47. The first-order valence-corrected chi connectivity index (χ1v) is 10.5. The third-order valence-electron chi connectivity index (χ3n) is 4.25. The Bertz CT molecular complexity index is 913. The summed E-state index contributed by atoms with van der Waals surface area (Å²) in [7, 11) is -3.69. The second-order valence-electron chi connectivity index (χ2n) is 6.20. The Labute approximate surface area is 160 Å². The van der Waals surface area contributed by atoms with Crippen LogP contribution in [-0.4, -0.2) is 26.6 Å². The van der Waals surface area contributed by atoms with Gasteiger partial charge < -0.3 is 5.32 Å². The number of halogens is 1. The predicted molar refractivity (Wildman–Crippen MR) is 107 cm³/mol. The molecule has 0 aliphatic carbocycles. The van der Waals surface area contributed by atoms with Crippen LogP contribution in [0.1, 0.15) is 24.5 Å². The summed E-state index contributed by atoms with van der Waals surface area (Å²) in [6, 6.07) is 11.2. The minimum atomic E-state index is -3.69. The van der Waals surface area contributed by atoms with Gasteiger partial charge in [-0.25, -0.2) is 8.42 Å². The molecule has 5 nitrogen and oxygen atoms in total. The Kier molecular flexibility index (Phi) is 6.31. The van der Waals surface area contributed by atoms with E-state index in [2.05, 4.69) is 5.32 Å². The van der Waals surface area contributed by atoms with Gasteiger partial charge in [0, 0.05) is 10.7 Å². The maximum Gasteiger partial charge on any atom is 0.248 e. The van der Waals surface area contributed by atoms with Crippen LogP contribution in [0.3, 0.4) is 0 Å². The van der Waals surface area contributed by atoms with E-state index in [4.69, 9.17) is 11.6 Å². The van der Waals surface area contributed by atoms with Gasteiger partial charge in [-0.3, -0.25) is 9.10 Å². The highest BCUT2D eigenvalue weighted by Crippen LogP contribution is 2.26. The van der Waals surface area contributed by atoms with Gasteiger partial charge in [0.15, 0.2) is 0 Å². The molecule has 0 unspecified atom stereocenters. The molecular formula is C19H23ClN2O3S. The largest absolute Gasteiger partial charge is 0.324 e. The number of carbonyl (C=O) groups is 1. The van der Waals surface area contributed by atoms with Crippen LogP contribution in [0.4, 0.5) is 11.4 Å². The molecule has 0 aromatic heterocycles. The lowest BCUT2D eigenvalue weighted by Gasteiger charge is -2.30. The van der Waals surface area contributed by atoms with Crippen LogP contribution in [-0.2, 0) is 14.8 Å². The van der Waals surface area contributed by atoms with Crippen molar-refractivity contribution in [3.63, 3.8) is 0 Å². The van der Waals surface area contributed by atoms with Crippen molar-refractivity contribution in [2.45, 2.75) is 33.2 Å². The fourth-order valence-electron chi connectivity index (χ4n) is 2.78. The van der Waals surface area contributed by atoms with Gasteiger partial charge in [-0.2, -0.15) is 0 Å². The molecule has 1 amide bonds. The molecule has 2 aromatic rings. The molecule has 1 atom stereocenters. The van der Waals surface area contributed by atoms with Crippen LogP contribution < -0.4 is 9.62 Å². The lowest BCUT2D eigenvalue weighted by molar-refractivity contribution is -0.117. The number of rotatable bonds is 6. The number of benzene rings is 2. The smallest absolute Gasteiger partial charge is 0.248 e. The fourth-order valence-corrected chi connectivity index (χ4v) is 4.16. The van der Waals surface area contributed by atoms with Crippen molar-refractivity contribution in [3.05, 3.63) is 58.6 Å². The zero-order chi connectivity index (χ0) is 19.5. The maximum absolute atomic E-state index is 12.9. The number of amides is 1. The topological polar surface area (TPSA) is 66.5 Å². The van der Waals surface area contributed by atoms with Gasteiger partial charge in [0.05, 0.1) is 11.9 Å². The second-order valence-corrected chi connectivity index (χ2v) is 8.50. The van der Waals surface area contributed by atoms with E-state index in [9.17, 15) is 13.2 Å². The zero-order valence-corrected chi connectivity index (χ0v) is 16.9.